The minimum atomic E-state index is 0. The monoisotopic (exact) mass is 176 g/mol. The second kappa shape index (κ2) is 3.41. The molecule has 0 atom stereocenters. The van der Waals surface area contributed by atoms with Crippen LogP contribution in [0.15, 0.2) is 5.16 Å². The predicted octanol–water partition coefficient (Wildman–Crippen LogP) is 0.964. The second-order valence-corrected chi connectivity index (χ2v) is 3.14. The molecule has 3 aliphatic heterocycles. The Balaban J connectivity index is 0.000000605. The van der Waals surface area contributed by atoms with Crippen LogP contribution in [-0.2, 0) is 0 Å². The minimum Gasteiger partial charge on any atom is -0.411 e. The fourth-order valence-corrected chi connectivity index (χ4v) is 1.90. The van der Waals surface area contributed by atoms with E-state index in [9.17, 15) is 0 Å². The maximum absolute atomic E-state index is 8.57. The summed E-state index contributed by atoms with van der Waals surface area (Å²) in [6.45, 7) is 3.30. The van der Waals surface area contributed by atoms with E-state index in [1.54, 1.807) is 0 Å². The Kier molecular flexibility index (Phi) is 2.73. The molecule has 3 aliphatic rings. The van der Waals surface area contributed by atoms with Crippen molar-refractivity contribution < 1.29 is 5.21 Å². The van der Waals surface area contributed by atoms with Crippen molar-refractivity contribution in [3.8, 4) is 0 Å². The minimum absolute atomic E-state index is 0. The number of halogens is 1. The maximum Gasteiger partial charge on any atom is 0.0742 e. The molecule has 3 saturated heterocycles. The highest BCUT2D eigenvalue weighted by Gasteiger charge is 2.30. The molecule has 2 bridgehead atoms. The fourth-order valence-electron chi connectivity index (χ4n) is 1.90. The molecule has 0 aliphatic carbocycles. The summed E-state index contributed by atoms with van der Waals surface area (Å²) in [6.07, 6.45) is 2.39. The number of rotatable bonds is 0. The first-order valence-corrected chi connectivity index (χ1v) is 3.83. The Bertz CT molecular complexity index is 164. The van der Waals surface area contributed by atoms with Crippen molar-refractivity contribution in [2.45, 2.75) is 12.8 Å². The van der Waals surface area contributed by atoms with Gasteiger partial charge in [0.1, 0.15) is 0 Å². The van der Waals surface area contributed by atoms with Gasteiger partial charge in [0.05, 0.1) is 5.71 Å². The number of hydrogen-bond donors (Lipinski definition) is 1. The van der Waals surface area contributed by atoms with Crippen LogP contribution in [0.4, 0.5) is 0 Å². The Morgan fingerprint density at radius 1 is 1.36 bits per heavy atom. The Labute approximate surface area is 72.5 Å². The molecule has 3 rings (SSSR count). The van der Waals surface area contributed by atoms with Gasteiger partial charge in [-0.05, 0) is 25.9 Å². The summed E-state index contributed by atoms with van der Waals surface area (Å²) in [6, 6.07) is 0. The highest BCUT2D eigenvalue weighted by molar-refractivity contribution is 5.89. The van der Waals surface area contributed by atoms with Crippen molar-refractivity contribution in [2.24, 2.45) is 11.1 Å². The zero-order valence-corrected chi connectivity index (χ0v) is 7.18. The molecule has 3 fully saturated rings. The highest BCUT2D eigenvalue weighted by Crippen LogP contribution is 2.24. The molecule has 3 nitrogen and oxygen atoms in total. The first-order chi connectivity index (χ1) is 4.90. The molecular formula is C7H13ClN2O. The predicted molar refractivity (Wildman–Crippen MR) is 45.6 cm³/mol. The summed E-state index contributed by atoms with van der Waals surface area (Å²) in [4.78, 5) is 2.34. The fraction of sp³-hybridized carbons (Fsp3) is 0.857. The highest BCUT2D eigenvalue weighted by atomic mass is 35.5. The molecule has 3 heterocycles. The first kappa shape index (κ1) is 8.81. The lowest BCUT2D eigenvalue weighted by atomic mass is 9.87. The summed E-state index contributed by atoms with van der Waals surface area (Å²) in [7, 11) is 0. The third kappa shape index (κ3) is 1.49. The normalized spacial score (nSPS) is 38.7. The van der Waals surface area contributed by atoms with E-state index in [-0.39, 0.29) is 12.4 Å². The molecule has 4 heteroatoms. The van der Waals surface area contributed by atoms with Crippen molar-refractivity contribution >= 4 is 18.1 Å². The average molecular weight is 177 g/mol. The summed E-state index contributed by atoms with van der Waals surface area (Å²) in [5, 5.41) is 11.9. The number of nitrogens with zero attached hydrogens (tertiary/aromatic N) is 2. The van der Waals surface area contributed by atoms with E-state index in [1.165, 1.54) is 25.9 Å². The van der Waals surface area contributed by atoms with E-state index in [0.717, 1.165) is 12.3 Å². The molecule has 0 aromatic heterocycles. The van der Waals surface area contributed by atoms with Crippen LogP contribution in [0, 0.1) is 5.92 Å². The topological polar surface area (TPSA) is 35.8 Å². The molecule has 1 N–H and O–H groups in total. The molecular weight excluding hydrogens is 164 g/mol. The van der Waals surface area contributed by atoms with Crippen LogP contribution in [0.25, 0.3) is 0 Å². The quantitative estimate of drug-likeness (QED) is 0.441. The van der Waals surface area contributed by atoms with Gasteiger partial charge in [-0.2, -0.15) is 0 Å². The van der Waals surface area contributed by atoms with E-state index in [1.807, 2.05) is 0 Å². The van der Waals surface area contributed by atoms with Gasteiger partial charge >= 0.3 is 0 Å². The van der Waals surface area contributed by atoms with E-state index >= 15 is 0 Å². The summed E-state index contributed by atoms with van der Waals surface area (Å²) in [5.41, 5.74) is 0.998. The van der Waals surface area contributed by atoms with E-state index in [0.29, 0.717) is 5.92 Å². The van der Waals surface area contributed by atoms with Crippen molar-refractivity contribution in [3.05, 3.63) is 0 Å². The van der Waals surface area contributed by atoms with Crippen LogP contribution in [0.2, 0.25) is 0 Å². The SMILES string of the molecule is Cl.ON=C1CN2CCC1CC2. The van der Waals surface area contributed by atoms with Crippen LogP contribution in [0.3, 0.4) is 0 Å². The van der Waals surface area contributed by atoms with E-state index < -0.39 is 0 Å². The molecule has 0 spiro atoms. The van der Waals surface area contributed by atoms with Crippen molar-refractivity contribution in [2.75, 3.05) is 19.6 Å². The lowest BCUT2D eigenvalue weighted by Crippen LogP contribution is -2.47. The molecule has 0 aromatic rings. The molecule has 0 unspecified atom stereocenters. The summed E-state index contributed by atoms with van der Waals surface area (Å²) in [5.74, 6) is 0.593. The zero-order chi connectivity index (χ0) is 6.97. The van der Waals surface area contributed by atoms with Gasteiger partial charge in [-0.3, -0.25) is 4.90 Å². The van der Waals surface area contributed by atoms with Gasteiger partial charge < -0.3 is 5.21 Å². The summed E-state index contributed by atoms with van der Waals surface area (Å²) < 4.78 is 0. The zero-order valence-electron chi connectivity index (χ0n) is 6.36. The maximum atomic E-state index is 8.57. The third-order valence-electron chi connectivity index (χ3n) is 2.57. The molecule has 0 amide bonds. The van der Waals surface area contributed by atoms with E-state index in [2.05, 4.69) is 10.1 Å². The molecule has 11 heavy (non-hydrogen) atoms. The lowest BCUT2D eigenvalue weighted by Gasteiger charge is -2.39. The Morgan fingerprint density at radius 3 is 2.27 bits per heavy atom. The first-order valence-electron chi connectivity index (χ1n) is 3.83. The van der Waals surface area contributed by atoms with Gasteiger partial charge in [-0.25, -0.2) is 0 Å². The van der Waals surface area contributed by atoms with Gasteiger partial charge in [-0.1, -0.05) is 5.16 Å². The average Bonchev–Trinajstić information content (AvgIpc) is 2.06. The van der Waals surface area contributed by atoms with Crippen molar-refractivity contribution in [3.63, 3.8) is 0 Å². The number of piperidine rings is 3. The van der Waals surface area contributed by atoms with Gasteiger partial charge in [0, 0.05) is 12.5 Å². The molecule has 0 aromatic carbocycles. The van der Waals surface area contributed by atoms with Crippen LogP contribution in [-0.4, -0.2) is 35.5 Å². The van der Waals surface area contributed by atoms with Crippen LogP contribution in [0.5, 0.6) is 0 Å². The van der Waals surface area contributed by atoms with Gasteiger partial charge in [0.25, 0.3) is 0 Å². The molecule has 64 valence electrons. The van der Waals surface area contributed by atoms with Gasteiger partial charge in [-0.15, -0.1) is 12.4 Å². The molecule has 0 radical (unpaired) electrons. The number of fused-ring (bicyclic) bond motifs is 3. The largest absolute Gasteiger partial charge is 0.411 e. The Hall–Kier alpha value is -0.280. The van der Waals surface area contributed by atoms with Gasteiger partial charge in [0.2, 0.25) is 0 Å². The summed E-state index contributed by atoms with van der Waals surface area (Å²) >= 11 is 0. The number of hydrogen-bond acceptors (Lipinski definition) is 3. The Morgan fingerprint density at radius 2 is 2.00 bits per heavy atom. The van der Waals surface area contributed by atoms with Gasteiger partial charge in [0.15, 0.2) is 0 Å². The lowest BCUT2D eigenvalue weighted by molar-refractivity contribution is 0.190. The smallest absolute Gasteiger partial charge is 0.0742 e. The van der Waals surface area contributed by atoms with Crippen molar-refractivity contribution in [1.82, 2.24) is 4.90 Å². The standard InChI is InChI=1S/C7H12N2O.ClH/c10-8-7-5-9-3-1-6(7)2-4-9;/h6,10H,1-5H2;1H. The van der Waals surface area contributed by atoms with Crippen LogP contribution >= 0.6 is 12.4 Å². The third-order valence-corrected chi connectivity index (χ3v) is 2.57. The van der Waals surface area contributed by atoms with Crippen LogP contribution < -0.4 is 0 Å². The van der Waals surface area contributed by atoms with Crippen molar-refractivity contribution in [1.29, 1.82) is 0 Å². The molecule has 0 saturated carbocycles. The van der Waals surface area contributed by atoms with E-state index in [4.69, 9.17) is 5.21 Å². The van der Waals surface area contributed by atoms with Crippen LogP contribution in [0.1, 0.15) is 12.8 Å². The second-order valence-electron chi connectivity index (χ2n) is 3.14. The number of oxime groups is 1.